The van der Waals surface area contributed by atoms with Gasteiger partial charge in [-0.05, 0) is 46.7 Å². The molecular weight excluding hydrogens is 264 g/mol. The van der Waals surface area contributed by atoms with Gasteiger partial charge in [0.25, 0.3) is 0 Å². The lowest BCUT2D eigenvalue weighted by molar-refractivity contribution is 0.0248. The van der Waals surface area contributed by atoms with Crippen LogP contribution in [0.15, 0.2) is 24.3 Å². The van der Waals surface area contributed by atoms with Gasteiger partial charge in [0.2, 0.25) is 0 Å². The van der Waals surface area contributed by atoms with Crippen molar-refractivity contribution in [1.29, 1.82) is 0 Å². The molecule has 0 rings (SSSR count). The van der Waals surface area contributed by atoms with E-state index in [1.807, 2.05) is 34.7 Å². The Hall–Kier alpha value is -1.29. The molecule has 0 aromatic carbocycles. The Morgan fingerprint density at radius 3 is 2.33 bits per heavy atom. The first-order valence-corrected chi connectivity index (χ1v) is 7.70. The predicted octanol–water partition coefficient (Wildman–Crippen LogP) is 3.70. The van der Waals surface area contributed by atoms with Crippen LogP contribution in [0.25, 0.3) is 0 Å². The summed E-state index contributed by atoms with van der Waals surface area (Å²) in [5, 5.41) is 0. The molecule has 1 amide bonds. The summed E-state index contributed by atoms with van der Waals surface area (Å²) in [5.74, 6) is 0. The Morgan fingerprint density at radius 2 is 1.86 bits per heavy atom. The molecule has 0 N–H and O–H groups in total. The Bertz CT molecular complexity index is 356. The average Bonchev–Trinajstić information content (AvgIpc) is 2.34. The Balaban J connectivity index is 4.24. The minimum Gasteiger partial charge on any atom is -0.444 e. The zero-order valence-electron chi connectivity index (χ0n) is 14.6. The fourth-order valence-electron chi connectivity index (χ4n) is 1.76. The standard InChI is InChI=1S/C17H32N2O2/c1-8-10-11-15(3)14-18(7)12-13-19(9-2)16(20)21-17(4,5)6/h10-11H,3,8-9,12-14H2,1-2,4-7H3/b11-10+. The molecule has 0 bridgehead atoms. The smallest absolute Gasteiger partial charge is 0.410 e. The van der Waals surface area contributed by atoms with E-state index in [1.165, 1.54) is 0 Å². The Morgan fingerprint density at radius 1 is 1.24 bits per heavy atom. The quantitative estimate of drug-likeness (QED) is 0.640. The summed E-state index contributed by atoms with van der Waals surface area (Å²) in [6.07, 6.45) is 4.94. The number of nitrogens with zero attached hydrogens (tertiary/aromatic N) is 2. The lowest BCUT2D eigenvalue weighted by atomic mass is 10.2. The van der Waals surface area contributed by atoms with E-state index in [2.05, 4.69) is 30.6 Å². The fourth-order valence-corrected chi connectivity index (χ4v) is 1.76. The molecule has 0 aliphatic carbocycles. The van der Waals surface area contributed by atoms with Crippen LogP contribution >= 0.6 is 0 Å². The number of ether oxygens (including phenoxy) is 1. The minimum absolute atomic E-state index is 0.247. The van der Waals surface area contributed by atoms with Crippen LogP contribution in [0.5, 0.6) is 0 Å². The Labute approximate surface area is 130 Å². The van der Waals surface area contributed by atoms with E-state index < -0.39 is 5.60 Å². The molecule has 0 heterocycles. The van der Waals surface area contributed by atoms with Crippen molar-refractivity contribution in [3.05, 3.63) is 24.3 Å². The molecule has 122 valence electrons. The summed E-state index contributed by atoms with van der Waals surface area (Å²) >= 11 is 0. The van der Waals surface area contributed by atoms with Gasteiger partial charge in [0.05, 0.1) is 0 Å². The van der Waals surface area contributed by atoms with Crippen molar-refractivity contribution in [3.63, 3.8) is 0 Å². The molecule has 0 saturated carbocycles. The molecule has 0 aliphatic rings. The van der Waals surface area contributed by atoms with Crippen molar-refractivity contribution in [2.45, 2.75) is 46.6 Å². The number of hydrogen-bond donors (Lipinski definition) is 0. The molecular formula is C17H32N2O2. The van der Waals surface area contributed by atoms with Crippen molar-refractivity contribution in [2.75, 3.05) is 33.2 Å². The maximum atomic E-state index is 12.0. The second kappa shape index (κ2) is 9.61. The normalized spacial score (nSPS) is 12.0. The zero-order chi connectivity index (χ0) is 16.5. The first kappa shape index (κ1) is 19.7. The summed E-state index contributed by atoms with van der Waals surface area (Å²) < 4.78 is 5.40. The van der Waals surface area contributed by atoms with E-state index in [-0.39, 0.29) is 6.09 Å². The van der Waals surface area contributed by atoms with Crippen molar-refractivity contribution in [2.24, 2.45) is 0 Å². The molecule has 0 spiro atoms. The van der Waals surface area contributed by atoms with Crippen LogP contribution in [0.2, 0.25) is 0 Å². The second-order valence-electron chi connectivity index (χ2n) is 6.27. The van der Waals surface area contributed by atoms with Gasteiger partial charge >= 0.3 is 6.09 Å². The van der Waals surface area contributed by atoms with Gasteiger partial charge < -0.3 is 14.5 Å². The number of carbonyl (C=O) groups excluding carboxylic acids is 1. The van der Waals surface area contributed by atoms with Gasteiger partial charge in [-0.25, -0.2) is 4.79 Å². The molecule has 0 aromatic heterocycles. The number of rotatable bonds is 8. The van der Waals surface area contributed by atoms with E-state index in [1.54, 1.807) is 4.90 Å². The molecule has 0 aromatic rings. The van der Waals surface area contributed by atoms with E-state index in [0.29, 0.717) is 13.1 Å². The largest absolute Gasteiger partial charge is 0.444 e. The van der Waals surface area contributed by atoms with E-state index in [4.69, 9.17) is 4.74 Å². The number of allylic oxidation sites excluding steroid dienone is 1. The van der Waals surface area contributed by atoms with Gasteiger partial charge in [0.1, 0.15) is 5.60 Å². The van der Waals surface area contributed by atoms with Crippen LogP contribution < -0.4 is 0 Å². The predicted molar refractivity (Wildman–Crippen MR) is 89.5 cm³/mol. The zero-order valence-corrected chi connectivity index (χ0v) is 14.6. The third-order valence-electron chi connectivity index (χ3n) is 2.85. The first-order valence-electron chi connectivity index (χ1n) is 7.70. The van der Waals surface area contributed by atoms with Crippen molar-refractivity contribution in [1.82, 2.24) is 9.80 Å². The molecule has 0 aliphatic heterocycles. The van der Waals surface area contributed by atoms with Crippen LogP contribution in [0.3, 0.4) is 0 Å². The molecule has 21 heavy (non-hydrogen) atoms. The van der Waals surface area contributed by atoms with Gasteiger partial charge in [-0.15, -0.1) is 0 Å². The second-order valence-corrected chi connectivity index (χ2v) is 6.27. The maximum absolute atomic E-state index is 12.0. The third kappa shape index (κ3) is 10.1. The highest BCUT2D eigenvalue weighted by Gasteiger charge is 2.21. The fraction of sp³-hybridized carbons (Fsp3) is 0.706. The summed E-state index contributed by atoms with van der Waals surface area (Å²) in [7, 11) is 2.04. The first-order chi connectivity index (χ1) is 9.69. The van der Waals surface area contributed by atoms with Gasteiger partial charge in [-0.2, -0.15) is 0 Å². The number of hydrogen-bond acceptors (Lipinski definition) is 3. The topological polar surface area (TPSA) is 32.8 Å². The molecule has 4 heteroatoms. The Kier molecular flexibility index (Phi) is 9.02. The van der Waals surface area contributed by atoms with Crippen LogP contribution in [-0.2, 0) is 4.74 Å². The summed E-state index contributed by atoms with van der Waals surface area (Å²) in [6.45, 7) is 16.7. The molecule has 4 nitrogen and oxygen atoms in total. The van der Waals surface area contributed by atoms with Crippen molar-refractivity contribution >= 4 is 6.09 Å². The van der Waals surface area contributed by atoms with Crippen LogP contribution in [-0.4, -0.2) is 54.7 Å². The summed E-state index contributed by atoms with van der Waals surface area (Å²) in [6, 6.07) is 0. The van der Waals surface area contributed by atoms with Gasteiger partial charge in [0.15, 0.2) is 0 Å². The lowest BCUT2D eigenvalue weighted by Crippen LogP contribution is -2.40. The summed E-state index contributed by atoms with van der Waals surface area (Å²) in [4.78, 5) is 15.9. The van der Waals surface area contributed by atoms with Crippen LogP contribution in [0.1, 0.15) is 41.0 Å². The van der Waals surface area contributed by atoms with Gasteiger partial charge in [-0.3, -0.25) is 0 Å². The summed E-state index contributed by atoms with van der Waals surface area (Å²) in [5.41, 5.74) is 0.634. The maximum Gasteiger partial charge on any atom is 0.410 e. The highest BCUT2D eigenvalue weighted by Crippen LogP contribution is 2.10. The molecule has 0 atom stereocenters. The number of carbonyl (C=O) groups is 1. The molecule has 0 saturated heterocycles. The monoisotopic (exact) mass is 296 g/mol. The minimum atomic E-state index is -0.449. The lowest BCUT2D eigenvalue weighted by Gasteiger charge is -2.28. The third-order valence-corrected chi connectivity index (χ3v) is 2.85. The van der Waals surface area contributed by atoms with Crippen molar-refractivity contribution in [3.8, 4) is 0 Å². The van der Waals surface area contributed by atoms with E-state index >= 15 is 0 Å². The highest BCUT2D eigenvalue weighted by atomic mass is 16.6. The average molecular weight is 296 g/mol. The SMILES string of the molecule is C=C(/C=C/CC)CN(C)CCN(CC)C(=O)OC(C)(C)C. The van der Waals surface area contributed by atoms with Gasteiger partial charge in [0, 0.05) is 26.2 Å². The molecule has 0 unspecified atom stereocenters. The van der Waals surface area contributed by atoms with Crippen molar-refractivity contribution < 1.29 is 9.53 Å². The van der Waals surface area contributed by atoms with Crippen LogP contribution in [0.4, 0.5) is 4.79 Å². The molecule has 0 radical (unpaired) electrons. The highest BCUT2D eigenvalue weighted by molar-refractivity contribution is 5.68. The van der Waals surface area contributed by atoms with E-state index in [9.17, 15) is 4.79 Å². The van der Waals surface area contributed by atoms with Crippen LogP contribution in [0, 0.1) is 0 Å². The number of amides is 1. The van der Waals surface area contributed by atoms with Gasteiger partial charge in [-0.1, -0.05) is 25.7 Å². The number of likely N-dealkylation sites (N-methyl/N-ethyl adjacent to an activating group) is 2. The van der Waals surface area contributed by atoms with E-state index in [0.717, 1.165) is 25.1 Å². The molecule has 0 fully saturated rings.